The van der Waals surface area contributed by atoms with Crippen LogP contribution in [0, 0.1) is 119 Å². The molecule has 17 N–H and O–H groups in total. The molecule has 0 atom stereocenters. The number of pyridine rings is 2. The summed E-state index contributed by atoms with van der Waals surface area (Å²) in [5.74, 6) is 25.9. The molecule has 6 fully saturated rings. The van der Waals surface area contributed by atoms with Crippen molar-refractivity contribution >= 4 is 125 Å². The van der Waals surface area contributed by atoms with Gasteiger partial charge in [-0.1, -0.05) is 92.6 Å². The summed E-state index contributed by atoms with van der Waals surface area (Å²) in [6.07, 6.45) is 29.7. The second-order valence-corrected chi connectivity index (χ2v) is 32.8. The number of benzene rings is 4. The van der Waals surface area contributed by atoms with Crippen LogP contribution in [0.25, 0.3) is 16.9 Å². The molecule has 6 aliphatic carbocycles. The normalized spacial score (nSPS) is 13.1. The van der Waals surface area contributed by atoms with Crippen molar-refractivity contribution in [3.05, 3.63) is 230 Å². The molecule has 8 heterocycles. The largest absolute Gasteiger partial charge is 0.435 e. The van der Waals surface area contributed by atoms with Crippen molar-refractivity contribution in [3.8, 4) is 94.6 Å². The van der Waals surface area contributed by atoms with Gasteiger partial charge in [0.05, 0.1) is 16.8 Å². The van der Waals surface area contributed by atoms with E-state index >= 15 is 0 Å². The van der Waals surface area contributed by atoms with Crippen molar-refractivity contribution in [2.75, 3.05) is 51.9 Å². The number of nitrogens with two attached hydrogens (primary N) is 4. The number of sulfone groups is 1. The van der Waals surface area contributed by atoms with Crippen LogP contribution in [0.15, 0.2) is 157 Å². The van der Waals surface area contributed by atoms with Crippen molar-refractivity contribution in [1.82, 2.24) is 65.6 Å². The zero-order valence-electron chi connectivity index (χ0n) is 73.0. The smallest absolute Gasteiger partial charge is 0.387 e. The number of terminal acetylenes is 2. The van der Waals surface area contributed by atoms with Gasteiger partial charge in [0, 0.05) is 89.4 Å². The maximum atomic E-state index is 14.7. The summed E-state index contributed by atoms with van der Waals surface area (Å²) in [6.45, 7) is -9.59. The Morgan fingerprint density at radius 2 is 0.791 bits per heavy atom. The summed E-state index contributed by atoms with van der Waals surface area (Å²) in [5.41, 5.74) is 20.9. The highest BCUT2D eigenvalue weighted by molar-refractivity contribution is 7.90. The minimum atomic E-state index is -3.62. The van der Waals surface area contributed by atoms with E-state index in [-0.39, 0.29) is 109 Å². The van der Waals surface area contributed by atoms with Crippen molar-refractivity contribution in [2.24, 2.45) is 29.6 Å². The van der Waals surface area contributed by atoms with Crippen LogP contribution in [0.3, 0.4) is 0 Å². The molecule has 0 saturated heterocycles. The molecule has 139 heavy (non-hydrogen) atoms. The second-order valence-electron chi connectivity index (χ2n) is 29.1. The van der Waals surface area contributed by atoms with E-state index in [2.05, 4.69) is 137 Å². The zero-order chi connectivity index (χ0) is 99.6. The lowest BCUT2D eigenvalue weighted by molar-refractivity contribution is -0.638. The van der Waals surface area contributed by atoms with Gasteiger partial charge in [0.2, 0.25) is 49.9 Å². The van der Waals surface area contributed by atoms with E-state index < -0.39 is 80.8 Å². The third-order valence-corrected chi connectivity index (χ3v) is 19.7. The van der Waals surface area contributed by atoms with E-state index in [0.29, 0.717) is 58.3 Å². The number of nitrogens with zero attached hydrogens (tertiary/aromatic N) is 13. The monoisotopic (exact) mass is 2050 g/mol. The number of nitrogen functional groups attached to an aromatic ring is 4. The van der Waals surface area contributed by atoms with Gasteiger partial charge in [0.15, 0.2) is 84.7 Å². The third-order valence-electron chi connectivity index (χ3n) is 17.6. The number of hydrogen-bond donors (Lipinski definition) is 9. The molecule has 4 aromatic carbocycles. The number of fused-ring (bicyclic) bond motifs is 1. The van der Waals surface area contributed by atoms with E-state index in [9.17, 15) is 65.5 Å². The number of hydrogen-bond acceptors (Lipinski definition) is 26. The molecule has 0 unspecified atom stereocenters. The lowest BCUT2D eigenvalue weighted by atomic mass is 10.1. The average Bonchev–Trinajstić information content (AvgIpc) is 1.60. The van der Waals surface area contributed by atoms with E-state index in [1.165, 1.54) is 127 Å². The van der Waals surface area contributed by atoms with Crippen LogP contribution in [0.1, 0.15) is 113 Å². The zero-order valence-corrected chi connectivity index (χ0v) is 77.6. The van der Waals surface area contributed by atoms with Gasteiger partial charge in [-0.05, 0) is 211 Å². The summed E-state index contributed by atoms with van der Waals surface area (Å²) in [4.78, 5) is 37.9. The van der Waals surface area contributed by atoms with Crippen LogP contribution in [0.4, 0.5) is 109 Å². The fourth-order valence-electron chi connectivity index (χ4n) is 10.0. The maximum Gasteiger partial charge on any atom is 0.387 e. The third kappa shape index (κ3) is 39.6. The first-order valence-electron chi connectivity index (χ1n) is 40.7. The number of aliphatic hydroxyl groups excluding tert-OH is 1. The minimum absolute atomic E-state index is 0. The minimum Gasteiger partial charge on any atom is -0.435 e. The first-order chi connectivity index (χ1) is 65.3. The number of rotatable bonds is 17. The molecule has 8 aromatic heterocycles. The Bertz CT molecular complexity index is 6270. The topological polar surface area (TPSA) is 448 Å². The molecule has 18 rings (SSSR count). The number of aliphatic hydroxyl groups is 1. The molecule has 48 heteroatoms. The van der Waals surface area contributed by atoms with Gasteiger partial charge in [0.1, 0.15) is 23.0 Å². The van der Waals surface area contributed by atoms with E-state index in [1.807, 2.05) is 42.6 Å². The van der Waals surface area contributed by atoms with E-state index in [4.69, 9.17) is 99.0 Å². The van der Waals surface area contributed by atoms with Crippen LogP contribution in [-0.4, -0.2) is 118 Å². The predicted octanol–water partition coefficient (Wildman–Crippen LogP) is 19.4. The van der Waals surface area contributed by atoms with Gasteiger partial charge in [0.25, 0.3) is 0 Å². The molecule has 0 aliphatic heterocycles. The standard InChI is InChI=1S/C21H17F3N6O.C16H11ClF3N3O.C16H13F3N4O.C9H5Cl2FN2.C7H7F2NO.C5H3Cl2FN2O2S.C5H7N2.2C5H6.C2H6O.H3N.H2O/c22-16-18(25)27-19(15-14-3-1-2-10-30(14)29-17(15)11-4-5-11)28-20(16)26-12-6-8-13(9-7-12)31-21(23)24;17-14-13(18)15(23-12(22-14)8-3-9-1-2-9)21-10-4-6-11(7-5-10)24-16(19)20;17-13-14(20)22-12(8-3-9-1-2-9)23-15(13)21-10-4-6-11(7-5-10)24-16(18)19;10-8-7(12)9(11)14-6(13-8)4-3-5-1-2-5;8-7(9)11-6-3-1-5(10)2-4-6;1-13(11,12)5-9-3(6)2(8)4(7)10-5;6-7-4-2-1-3-5-7;2*1-2-5-3-4-5;1-2-3;;/h1-3,6-11,21H,4-5H2,(H3,25,26,27,28);4-7,9,16H,1-2H2,(H,21,22,23);4-7,9,16H,1-2H2,(H3,20,21,22,23);5H,1-2H2;1-4,7H,10H2;1H3;1-5H,6H2;2*1,5H,3-4H2;3H,2H2,1H3;1H3;1H2/q;;;;;;+1;;;;;. The van der Waals surface area contributed by atoms with Crippen molar-refractivity contribution < 1.29 is 99.7 Å². The number of alkyl halides is 8. The molecule has 12 aromatic rings. The summed E-state index contributed by atoms with van der Waals surface area (Å²) in [6, 6.07) is 33.8. The molecule has 29 nitrogen and oxygen atoms in total. The molecule has 0 bridgehead atoms. The van der Waals surface area contributed by atoms with Crippen LogP contribution in [-0.2, 0) is 9.84 Å². The Kier molecular flexibility index (Phi) is 44.3. The second kappa shape index (κ2) is 54.9. The molecular formula is C91H86Cl5F13N21O8S+. The number of aromatic nitrogens is 13. The Hall–Kier alpha value is -13.9. The Morgan fingerprint density at radius 1 is 0.460 bits per heavy atom. The molecule has 6 saturated carbocycles. The fourth-order valence-corrected chi connectivity index (χ4v) is 11.6. The highest BCUT2D eigenvalue weighted by atomic mass is 35.5. The first-order valence-corrected chi connectivity index (χ1v) is 44.5. The lowest BCUT2D eigenvalue weighted by Crippen LogP contribution is -2.42. The quantitative estimate of drug-likeness (QED) is 0.00777. The summed E-state index contributed by atoms with van der Waals surface area (Å²) in [7, 11) is -3.62. The van der Waals surface area contributed by atoms with Gasteiger partial charge < -0.3 is 68.8 Å². The fraction of sp³-hybridized carbons (Fsp3) is 0.275. The average molecular weight is 2060 g/mol. The SMILES string of the molecule is C#CC1CC1.C#CC1CC1.CCO.CS(=O)(=O)c1nc(Cl)c(F)c(Cl)n1.Fc1c(Cl)nc(C#CC2CC2)nc1Cl.Fc1c(Cl)nc(C#CC2CC2)nc1Nc1ccc(OC(F)F)cc1.N.N[n+]1ccccc1.Nc1ccc(OC(F)F)cc1.Nc1nc(-c2c(C3CC3)nn3ccccc23)nc(Nc2ccc(OC(F)F)cc2)c1F.Nc1nc(C#CC2CC2)nc(Nc2ccc(OC(F)F)cc2)c1F.O. The molecular weight excluding hydrogens is 1970 g/mol. The van der Waals surface area contributed by atoms with Crippen LogP contribution < -0.4 is 68.8 Å². The Balaban J connectivity index is 0.000000223. The van der Waals surface area contributed by atoms with Gasteiger partial charge in [-0.15, -0.1) is 24.7 Å². The Labute approximate surface area is 813 Å². The van der Waals surface area contributed by atoms with E-state index in [0.717, 1.165) is 74.4 Å². The number of ether oxygens (including phenoxy) is 4. The van der Waals surface area contributed by atoms with Gasteiger partial charge in [-0.3, -0.25) is 0 Å². The summed E-state index contributed by atoms with van der Waals surface area (Å²) in [5, 5.41) is 17.8. The predicted molar refractivity (Wildman–Crippen MR) is 500 cm³/mol. The highest BCUT2D eigenvalue weighted by Crippen LogP contribution is 2.45. The first kappa shape index (κ1) is 112. The number of nitrogens with one attached hydrogen (secondary N) is 3. The Morgan fingerprint density at radius 3 is 1.12 bits per heavy atom. The molecule has 6 aliphatic rings. The van der Waals surface area contributed by atoms with E-state index in [1.54, 1.807) is 23.8 Å². The van der Waals surface area contributed by atoms with Gasteiger partial charge in [-0.2, -0.15) is 63.4 Å². The van der Waals surface area contributed by atoms with Crippen LogP contribution in [0.5, 0.6) is 23.0 Å². The van der Waals surface area contributed by atoms with Crippen molar-refractivity contribution in [2.45, 2.75) is 121 Å². The van der Waals surface area contributed by atoms with Crippen molar-refractivity contribution in [3.63, 3.8) is 0 Å². The summed E-state index contributed by atoms with van der Waals surface area (Å²) < 4.78 is 207. The molecule has 0 radical (unpaired) electrons. The maximum absolute atomic E-state index is 14.7. The highest BCUT2D eigenvalue weighted by Gasteiger charge is 2.33. The van der Waals surface area contributed by atoms with Crippen LogP contribution in [0.2, 0.25) is 25.8 Å². The van der Waals surface area contributed by atoms with Gasteiger partial charge >= 0.3 is 26.4 Å². The van der Waals surface area contributed by atoms with Crippen LogP contribution >= 0.6 is 58.0 Å². The number of halogens is 18. The molecule has 0 spiro atoms. The molecule has 0 amide bonds. The number of anilines is 9. The van der Waals surface area contributed by atoms with Crippen molar-refractivity contribution in [1.29, 1.82) is 0 Å². The molecule has 734 valence electrons. The summed E-state index contributed by atoms with van der Waals surface area (Å²) >= 11 is 27.2. The lowest BCUT2D eigenvalue weighted by Gasteiger charge is -2.11. The van der Waals surface area contributed by atoms with Gasteiger partial charge in [-0.25, -0.2) is 67.4 Å².